The fourth-order valence-corrected chi connectivity index (χ4v) is 2.60. The van der Waals surface area contributed by atoms with Crippen molar-refractivity contribution in [2.24, 2.45) is 5.92 Å². The number of carbonyl (C=O) groups is 1. The topological polar surface area (TPSA) is 32.3 Å². The van der Waals surface area contributed by atoms with E-state index >= 15 is 0 Å². The third kappa shape index (κ3) is 6.44. The van der Waals surface area contributed by atoms with E-state index in [0.29, 0.717) is 11.7 Å². The number of nitrogens with zero attached hydrogens (tertiary/aromatic N) is 1. The first-order chi connectivity index (χ1) is 9.52. The van der Waals surface area contributed by atoms with Gasteiger partial charge in [-0.05, 0) is 37.1 Å². The second kappa shape index (κ2) is 9.03. The zero-order valence-corrected chi connectivity index (χ0v) is 13.8. The predicted octanol–water partition coefficient (Wildman–Crippen LogP) is 3.00. The maximum Gasteiger partial charge on any atom is 0.232 e. The lowest BCUT2D eigenvalue weighted by molar-refractivity contribution is -0.126. The molecule has 0 aliphatic rings. The molecule has 0 heterocycles. The van der Waals surface area contributed by atoms with Gasteiger partial charge < -0.3 is 10.2 Å². The monoisotopic (exact) mass is 294 g/mol. The van der Waals surface area contributed by atoms with Gasteiger partial charge in [0.05, 0.1) is 5.75 Å². The van der Waals surface area contributed by atoms with Gasteiger partial charge in [0.15, 0.2) is 0 Å². The zero-order chi connectivity index (χ0) is 15.0. The minimum Gasteiger partial charge on any atom is -0.345 e. The molecule has 4 heteroatoms. The van der Waals surface area contributed by atoms with Crippen molar-refractivity contribution in [1.82, 2.24) is 10.2 Å². The van der Waals surface area contributed by atoms with Crippen molar-refractivity contribution in [3.63, 3.8) is 0 Å². The largest absolute Gasteiger partial charge is 0.345 e. The van der Waals surface area contributed by atoms with Crippen molar-refractivity contribution in [3.05, 3.63) is 29.8 Å². The predicted molar refractivity (Wildman–Crippen MR) is 87.0 cm³/mol. The van der Waals surface area contributed by atoms with Crippen LogP contribution in [0.2, 0.25) is 0 Å². The Morgan fingerprint density at radius 3 is 2.80 bits per heavy atom. The van der Waals surface area contributed by atoms with E-state index in [9.17, 15) is 4.79 Å². The molecule has 3 nitrogen and oxygen atoms in total. The Kier molecular flexibility index (Phi) is 7.70. The van der Waals surface area contributed by atoms with Crippen LogP contribution in [0.1, 0.15) is 26.3 Å². The van der Waals surface area contributed by atoms with Crippen molar-refractivity contribution in [3.8, 4) is 0 Å². The van der Waals surface area contributed by atoms with Gasteiger partial charge in [-0.25, -0.2) is 0 Å². The molecule has 112 valence electrons. The maximum atomic E-state index is 11.8. The summed E-state index contributed by atoms with van der Waals surface area (Å²) in [5.74, 6) is 1.35. The molecule has 0 aliphatic carbocycles. The van der Waals surface area contributed by atoms with Crippen molar-refractivity contribution >= 4 is 17.7 Å². The molecule has 1 aromatic carbocycles. The molecule has 0 radical (unpaired) electrons. The highest BCUT2D eigenvalue weighted by Gasteiger charge is 2.07. The highest BCUT2D eigenvalue weighted by atomic mass is 32.2. The first-order valence-corrected chi connectivity index (χ1v) is 8.18. The SMILES string of the molecule is CCN(C)C(=O)CSc1cccc(CNCC(C)C)c1. The van der Waals surface area contributed by atoms with Crippen LogP contribution >= 0.6 is 11.8 Å². The van der Waals surface area contributed by atoms with Gasteiger partial charge in [-0.3, -0.25) is 4.79 Å². The average Bonchev–Trinajstić information content (AvgIpc) is 2.44. The molecule has 0 fully saturated rings. The summed E-state index contributed by atoms with van der Waals surface area (Å²) in [6.45, 7) is 9.07. The Morgan fingerprint density at radius 1 is 1.40 bits per heavy atom. The summed E-state index contributed by atoms with van der Waals surface area (Å²) in [5, 5.41) is 3.44. The van der Waals surface area contributed by atoms with Crippen LogP contribution in [0, 0.1) is 5.92 Å². The van der Waals surface area contributed by atoms with Crippen LogP contribution in [0.15, 0.2) is 29.2 Å². The Morgan fingerprint density at radius 2 is 2.15 bits per heavy atom. The lowest BCUT2D eigenvalue weighted by Gasteiger charge is -2.14. The van der Waals surface area contributed by atoms with Crippen molar-refractivity contribution in [1.29, 1.82) is 0 Å². The second-order valence-electron chi connectivity index (χ2n) is 5.37. The Labute approximate surface area is 127 Å². The normalized spacial score (nSPS) is 10.8. The molecule has 0 saturated carbocycles. The molecule has 0 saturated heterocycles. The summed E-state index contributed by atoms with van der Waals surface area (Å²) in [6, 6.07) is 8.41. The van der Waals surface area contributed by atoms with Crippen LogP contribution in [0.5, 0.6) is 0 Å². The first kappa shape index (κ1) is 17.1. The standard InChI is InChI=1S/C16H26N2OS/c1-5-18(4)16(19)12-20-15-8-6-7-14(9-15)11-17-10-13(2)3/h6-9,13,17H,5,10-12H2,1-4H3. The van der Waals surface area contributed by atoms with Crippen molar-refractivity contribution in [2.45, 2.75) is 32.2 Å². The first-order valence-electron chi connectivity index (χ1n) is 7.19. The molecular weight excluding hydrogens is 268 g/mol. The third-order valence-electron chi connectivity index (χ3n) is 3.04. The van der Waals surface area contributed by atoms with Crippen LogP contribution in [0.3, 0.4) is 0 Å². The lowest BCUT2D eigenvalue weighted by Crippen LogP contribution is -2.27. The molecule has 1 aromatic rings. The number of nitrogens with one attached hydrogen (secondary N) is 1. The van der Waals surface area contributed by atoms with Crippen LogP contribution < -0.4 is 5.32 Å². The highest BCUT2D eigenvalue weighted by molar-refractivity contribution is 8.00. The van der Waals surface area contributed by atoms with E-state index in [2.05, 4.69) is 43.4 Å². The summed E-state index contributed by atoms with van der Waals surface area (Å²) in [4.78, 5) is 14.7. The molecule has 0 atom stereocenters. The smallest absolute Gasteiger partial charge is 0.232 e. The molecule has 0 unspecified atom stereocenters. The van der Waals surface area contributed by atoms with Gasteiger partial charge in [0, 0.05) is 25.0 Å². The highest BCUT2D eigenvalue weighted by Crippen LogP contribution is 2.19. The Bertz CT molecular complexity index is 421. The number of hydrogen-bond donors (Lipinski definition) is 1. The van der Waals surface area contributed by atoms with Gasteiger partial charge in [0.25, 0.3) is 0 Å². The lowest BCUT2D eigenvalue weighted by atomic mass is 10.2. The summed E-state index contributed by atoms with van der Waals surface area (Å²) in [7, 11) is 1.84. The fraction of sp³-hybridized carbons (Fsp3) is 0.562. The van der Waals surface area contributed by atoms with E-state index in [1.807, 2.05) is 14.0 Å². The fourth-order valence-electron chi connectivity index (χ4n) is 1.68. The Balaban J connectivity index is 2.45. The number of benzene rings is 1. The number of hydrogen-bond acceptors (Lipinski definition) is 3. The van der Waals surface area contributed by atoms with Gasteiger partial charge in [-0.2, -0.15) is 0 Å². The van der Waals surface area contributed by atoms with Gasteiger partial charge in [-0.1, -0.05) is 26.0 Å². The van der Waals surface area contributed by atoms with E-state index < -0.39 is 0 Å². The summed E-state index contributed by atoms with van der Waals surface area (Å²) < 4.78 is 0. The van der Waals surface area contributed by atoms with E-state index in [4.69, 9.17) is 0 Å². The average molecular weight is 294 g/mol. The molecule has 0 bridgehead atoms. The van der Waals surface area contributed by atoms with Gasteiger partial charge in [0.1, 0.15) is 0 Å². The maximum absolute atomic E-state index is 11.8. The van der Waals surface area contributed by atoms with E-state index in [0.717, 1.165) is 24.5 Å². The van der Waals surface area contributed by atoms with Crippen LogP contribution in [-0.4, -0.2) is 36.7 Å². The van der Waals surface area contributed by atoms with Gasteiger partial charge in [0.2, 0.25) is 5.91 Å². The van der Waals surface area contributed by atoms with E-state index in [1.54, 1.807) is 16.7 Å². The van der Waals surface area contributed by atoms with E-state index in [-0.39, 0.29) is 5.91 Å². The third-order valence-corrected chi connectivity index (χ3v) is 4.02. The molecule has 1 N–H and O–H groups in total. The number of thioether (sulfide) groups is 1. The van der Waals surface area contributed by atoms with Crippen LogP contribution in [-0.2, 0) is 11.3 Å². The quantitative estimate of drug-likeness (QED) is 0.748. The molecular formula is C16H26N2OS. The second-order valence-corrected chi connectivity index (χ2v) is 6.42. The molecule has 0 aromatic heterocycles. The molecule has 0 spiro atoms. The van der Waals surface area contributed by atoms with Gasteiger partial charge in [-0.15, -0.1) is 11.8 Å². The molecule has 1 rings (SSSR count). The summed E-state index contributed by atoms with van der Waals surface area (Å²) in [5.41, 5.74) is 1.27. The van der Waals surface area contributed by atoms with Crippen LogP contribution in [0.25, 0.3) is 0 Å². The molecule has 20 heavy (non-hydrogen) atoms. The minimum absolute atomic E-state index is 0.181. The Hall–Kier alpha value is -1.00. The van der Waals surface area contributed by atoms with Crippen LogP contribution in [0.4, 0.5) is 0 Å². The van der Waals surface area contributed by atoms with Gasteiger partial charge >= 0.3 is 0 Å². The van der Waals surface area contributed by atoms with Crippen molar-refractivity contribution < 1.29 is 4.79 Å². The number of amides is 1. The molecule has 0 aliphatic heterocycles. The van der Waals surface area contributed by atoms with Crippen molar-refractivity contribution in [2.75, 3.05) is 25.9 Å². The summed E-state index contributed by atoms with van der Waals surface area (Å²) in [6.07, 6.45) is 0. The summed E-state index contributed by atoms with van der Waals surface area (Å²) >= 11 is 1.61. The van der Waals surface area contributed by atoms with E-state index in [1.165, 1.54) is 5.56 Å². The zero-order valence-electron chi connectivity index (χ0n) is 13.0. The number of carbonyl (C=O) groups excluding carboxylic acids is 1. The minimum atomic E-state index is 0.181. The number of rotatable bonds is 8. The molecule has 1 amide bonds.